The van der Waals surface area contributed by atoms with Crippen molar-refractivity contribution in [1.29, 1.82) is 0 Å². The summed E-state index contributed by atoms with van der Waals surface area (Å²) in [6.07, 6.45) is 0.823. The molecule has 0 fully saturated rings. The van der Waals surface area contributed by atoms with E-state index >= 15 is 0 Å². The summed E-state index contributed by atoms with van der Waals surface area (Å²) in [6, 6.07) is 11.5. The first-order valence-corrected chi connectivity index (χ1v) is 10.2. The molecule has 0 radical (unpaired) electrons. The summed E-state index contributed by atoms with van der Waals surface area (Å²) in [5.41, 5.74) is 1.14. The van der Waals surface area contributed by atoms with Crippen LogP contribution in [0, 0.1) is 5.82 Å². The van der Waals surface area contributed by atoms with E-state index in [0.717, 1.165) is 28.9 Å². The quantitative estimate of drug-likeness (QED) is 0.630. The Balaban J connectivity index is 1.93. The average molecular weight is 403 g/mol. The molecule has 5 nitrogen and oxygen atoms in total. The van der Waals surface area contributed by atoms with Gasteiger partial charge in [-0.15, -0.1) is 0 Å². The molecule has 0 spiro atoms. The van der Waals surface area contributed by atoms with Crippen molar-refractivity contribution in [2.24, 2.45) is 0 Å². The van der Waals surface area contributed by atoms with E-state index in [1.54, 1.807) is 17.0 Å². The maximum Gasteiger partial charge on any atom is 0.260 e. The monoisotopic (exact) mass is 402 g/mol. The molecule has 0 saturated heterocycles. The molecular weight excluding hydrogens is 377 g/mol. The van der Waals surface area contributed by atoms with E-state index in [-0.39, 0.29) is 5.91 Å². The Morgan fingerprint density at radius 1 is 1.25 bits per heavy atom. The standard InChI is InChI=1S/C21H24FN3O2S/c1-4-27-17-9-10-18-19(14-17)28-21(23-18)25(12-6-11-24(2)3)20(26)15-7-5-8-16(22)13-15/h5,7-10,13-14H,4,6,11-12H2,1-3H3/p+1. The van der Waals surface area contributed by atoms with Gasteiger partial charge in [0.1, 0.15) is 11.6 Å². The number of nitrogens with one attached hydrogen (secondary N) is 1. The van der Waals surface area contributed by atoms with Crippen LogP contribution in [-0.4, -0.2) is 44.7 Å². The predicted octanol–water partition coefficient (Wildman–Crippen LogP) is 3.02. The molecule has 1 heterocycles. The van der Waals surface area contributed by atoms with Crippen molar-refractivity contribution in [3.8, 4) is 5.75 Å². The Kier molecular flexibility index (Phi) is 6.59. The van der Waals surface area contributed by atoms with Gasteiger partial charge in [0.15, 0.2) is 5.13 Å². The number of thiazole rings is 1. The summed E-state index contributed by atoms with van der Waals surface area (Å²) in [7, 11) is 4.15. The van der Waals surface area contributed by atoms with E-state index in [2.05, 4.69) is 19.1 Å². The van der Waals surface area contributed by atoms with Gasteiger partial charge < -0.3 is 9.64 Å². The van der Waals surface area contributed by atoms with Gasteiger partial charge in [0.2, 0.25) is 0 Å². The van der Waals surface area contributed by atoms with Gasteiger partial charge in [-0.25, -0.2) is 9.37 Å². The molecule has 1 N–H and O–H groups in total. The number of carbonyl (C=O) groups excluding carboxylic acids is 1. The number of halogens is 1. The second-order valence-electron chi connectivity index (χ2n) is 6.84. The van der Waals surface area contributed by atoms with Crippen molar-refractivity contribution >= 4 is 32.6 Å². The molecule has 148 valence electrons. The number of hydrogen-bond acceptors (Lipinski definition) is 4. The lowest BCUT2D eigenvalue weighted by Crippen LogP contribution is -3.05. The highest BCUT2D eigenvalue weighted by Gasteiger charge is 2.22. The molecule has 0 saturated carbocycles. The van der Waals surface area contributed by atoms with Crippen LogP contribution in [0.1, 0.15) is 23.7 Å². The molecule has 0 atom stereocenters. The minimum Gasteiger partial charge on any atom is -0.494 e. The Labute approximate surface area is 168 Å². The zero-order chi connectivity index (χ0) is 20.1. The molecule has 1 aromatic heterocycles. The lowest BCUT2D eigenvalue weighted by atomic mass is 10.2. The van der Waals surface area contributed by atoms with Crippen LogP contribution >= 0.6 is 11.3 Å². The second kappa shape index (κ2) is 9.12. The van der Waals surface area contributed by atoms with Crippen LogP contribution in [0.15, 0.2) is 42.5 Å². The molecule has 0 aliphatic rings. The fourth-order valence-corrected chi connectivity index (χ4v) is 3.94. The fourth-order valence-electron chi connectivity index (χ4n) is 2.92. The van der Waals surface area contributed by atoms with Crippen LogP contribution in [0.2, 0.25) is 0 Å². The molecule has 0 bridgehead atoms. The maximum absolute atomic E-state index is 13.6. The summed E-state index contributed by atoms with van der Waals surface area (Å²) >= 11 is 1.44. The van der Waals surface area contributed by atoms with Gasteiger partial charge in [-0.1, -0.05) is 17.4 Å². The number of carbonyl (C=O) groups is 1. The first kappa shape index (κ1) is 20.2. The van der Waals surface area contributed by atoms with Crippen molar-refractivity contribution < 1.29 is 18.8 Å². The number of rotatable bonds is 8. The minimum absolute atomic E-state index is 0.239. The van der Waals surface area contributed by atoms with E-state index in [1.807, 2.05) is 25.1 Å². The van der Waals surface area contributed by atoms with Crippen molar-refractivity contribution in [1.82, 2.24) is 4.98 Å². The highest BCUT2D eigenvalue weighted by atomic mass is 32.1. The van der Waals surface area contributed by atoms with Gasteiger partial charge in [0.05, 0.1) is 37.5 Å². The van der Waals surface area contributed by atoms with Gasteiger partial charge in [0, 0.05) is 18.5 Å². The summed E-state index contributed by atoms with van der Waals surface area (Å²) in [5.74, 6) is 0.121. The van der Waals surface area contributed by atoms with Gasteiger partial charge in [-0.2, -0.15) is 0 Å². The normalized spacial score (nSPS) is 11.2. The molecule has 0 aliphatic carbocycles. The zero-order valence-electron chi connectivity index (χ0n) is 16.4. The van der Waals surface area contributed by atoms with E-state index in [9.17, 15) is 9.18 Å². The molecule has 3 rings (SSSR count). The zero-order valence-corrected chi connectivity index (χ0v) is 17.2. The molecule has 28 heavy (non-hydrogen) atoms. The number of benzene rings is 2. The molecule has 2 aromatic carbocycles. The Bertz CT molecular complexity index is 958. The SMILES string of the molecule is CCOc1ccc2nc(N(CCC[NH+](C)C)C(=O)c3cccc(F)c3)sc2c1. The lowest BCUT2D eigenvalue weighted by Gasteiger charge is -2.20. The van der Waals surface area contributed by atoms with Gasteiger partial charge in [-0.05, 0) is 43.3 Å². The summed E-state index contributed by atoms with van der Waals surface area (Å²) in [4.78, 5) is 20.7. The second-order valence-corrected chi connectivity index (χ2v) is 7.85. The molecular formula is C21H25FN3O2S+. The largest absolute Gasteiger partial charge is 0.494 e. The Morgan fingerprint density at radius 2 is 2.07 bits per heavy atom. The molecule has 3 aromatic rings. The first-order chi connectivity index (χ1) is 13.5. The summed E-state index contributed by atoms with van der Waals surface area (Å²) < 4.78 is 20.1. The molecule has 0 aliphatic heterocycles. The van der Waals surface area contributed by atoms with Crippen LogP contribution in [0.5, 0.6) is 5.75 Å². The van der Waals surface area contributed by atoms with Crippen LogP contribution in [-0.2, 0) is 0 Å². The van der Waals surface area contributed by atoms with Gasteiger partial charge in [0.25, 0.3) is 5.91 Å². The number of quaternary nitrogens is 1. The number of nitrogens with zero attached hydrogens (tertiary/aromatic N) is 2. The third-order valence-electron chi connectivity index (χ3n) is 4.27. The summed E-state index contributed by atoms with van der Waals surface area (Å²) in [6.45, 7) is 3.98. The number of anilines is 1. The van der Waals surface area contributed by atoms with Crippen LogP contribution in [0.3, 0.4) is 0 Å². The average Bonchev–Trinajstić information content (AvgIpc) is 3.07. The van der Waals surface area contributed by atoms with E-state index in [1.165, 1.54) is 28.4 Å². The van der Waals surface area contributed by atoms with E-state index in [0.29, 0.717) is 23.8 Å². The van der Waals surface area contributed by atoms with E-state index < -0.39 is 5.82 Å². The number of amides is 1. The fraction of sp³-hybridized carbons (Fsp3) is 0.333. The Hall–Kier alpha value is -2.51. The third-order valence-corrected chi connectivity index (χ3v) is 5.31. The molecule has 1 amide bonds. The Morgan fingerprint density at radius 3 is 2.79 bits per heavy atom. The smallest absolute Gasteiger partial charge is 0.260 e. The third kappa shape index (κ3) is 4.85. The highest BCUT2D eigenvalue weighted by molar-refractivity contribution is 7.22. The van der Waals surface area contributed by atoms with Crippen LogP contribution in [0.4, 0.5) is 9.52 Å². The van der Waals surface area contributed by atoms with Gasteiger partial charge >= 0.3 is 0 Å². The number of fused-ring (bicyclic) bond motifs is 1. The highest BCUT2D eigenvalue weighted by Crippen LogP contribution is 2.32. The van der Waals surface area contributed by atoms with Crippen molar-refractivity contribution in [2.75, 3.05) is 38.7 Å². The van der Waals surface area contributed by atoms with Crippen molar-refractivity contribution in [3.63, 3.8) is 0 Å². The van der Waals surface area contributed by atoms with Crippen molar-refractivity contribution in [3.05, 3.63) is 53.8 Å². The molecule has 0 unspecified atom stereocenters. The number of ether oxygens (including phenoxy) is 1. The molecule has 7 heteroatoms. The minimum atomic E-state index is -0.422. The first-order valence-electron chi connectivity index (χ1n) is 9.37. The van der Waals surface area contributed by atoms with E-state index in [4.69, 9.17) is 4.74 Å². The van der Waals surface area contributed by atoms with Crippen LogP contribution in [0.25, 0.3) is 10.2 Å². The topological polar surface area (TPSA) is 46.9 Å². The van der Waals surface area contributed by atoms with Gasteiger partial charge in [-0.3, -0.25) is 9.69 Å². The number of hydrogen-bond donors (Lipinski definition) is 1. The number of aromatic nitrogens is 1. The maximum atomic E-state index is 13.6. The van der Waals surface area contributed by atoms with Crippen molar-refractivity contribution in [2.45, 2.75) is 13.3 Å². The van der Waals surface area contributed by atoms with Crippen LogP contribution < -0.4 is 14.5 Å². The lowest BCUT2D eigenvalue weighted by molar-refractivity contribution is -0.858. The predicted molar refractivity (Wildman–Crippen MR) is 111 cm³/mol. The summed E-state index contributed by atoms with van der Waals surface area (Å²) in [5, 5.41) is 0.617.